The number of nitrogens with zero attached hydrogens (tertiary/aromatic N) is 4. The molecule has 1 N–H and O–H groups in total. The quantitative estimate of drug-likeness (QED) is 0.741. The van der Waals surface area contributed by atoms with Gasteiger partial charge in [0.15, 0.2) is 6.20 Å². The summed E-state index contributed by atoms with van der Waals surface area (Å²) in [6.07, 6.45) is 4.19. The van der Waals surface area contributed by atoms with Crippen LogP contribution in [0.15, 0.2) is 41.0 Å². The maximum Gasteiger partial charge on any atom is 0.230 e. The van der Waals surface area contributed by atoms with Crippen LogP contribution in [-0.4, -0.2) is 28.5 Å². The number of nitrogens with one attached hydrogen (secondary N) is 1. The van der Waals surface area contributed by atoms with Crippen molar-refractivity contribution in [3.05, 3.63) is 46.7 Å². The lowest BCUT2D eigenvalue weighted by Crippen LogP contribution is -2.27. The maximum absolute atomic E-state index is 4.69. The van der Waals surface area contributed by atoms with Crippen LogP contribution < -0.4 is 9.88 Å². The van der Waals surface area contributed by atoms with Crippen molar-refractivity contribution >= 4 is 28.2 Å². The van der Waals surface area contributed by atoms with E-state index in [0.717, 1.165) is 36.2 Å². The Morgan fingerprint density at radius 1 is 1.43 bits per heavy atom. The number of aliphatic imine (C=N–C) groups is 1. The van der Waals surface area contributed by atoms with Crippen molar-refractivity contribution in [3.8, 4) is 0 Å². The first-order chi connectivity index (χ1) is 10.3. The minimum absolute atomic E-state index is 0.797. The number of thiazole rings is 1. The molecule has 3 aromatic rings. The molecule has 0 bridgehead atoms. The van der Waals surface area contributed by atoms with Gasteiger partial charge in [0.25, 0.3) is 0 Å². The van der Waals surface area contributed by atoms with Crippen LogP contribution in [0.4, 0.5) is 0 Å². The van der Waals surface area contributed by atoms with Gasteiger partial charge in [0.1, 0.15) is 29.1 Å². The third kappa shape index (κ3) is 2.21. The summed E-state index contributed by atoms with van der Waals surface area (Å²) >= 11 is 1.69. The van der Waals surface area contributed by atoms with Gasteiger partial charge in [-0.05, 0) is 6.07 Å². The van der Waals surface area contributed by atoms with Crippen LogP contribution in [0.3, 0.4) is 0 Å². The molecule has 1 aliphatic rings. The fourth-order valence-electron chi connectivity index (χ4n) is 2.64. The summed E-state index contributed by atoms with van der Waals surface area (Å²) in [6.45, 7) is 2.56. The number of pyridine rings is 1. The van der Waals surface area contributed by atoms with Crippen molar-refractivity contribution < 1.29 is 4.57 Å². The highest BCUT2D eigenvalue weighted by atomic mass is 32.1. The lowest BCUT2D eigenvalue weighted by Gasteiger charge is -2.01. The van der Waals surface area contributed by atoms with Crippen LogP contribution in [0.25, 0.3) is 11.0 Å². The van der Waals surface area contributed by atoms with Gasteiger partial charge in [0, 0.05) is 30.3 Å². The second-order valence-electron chi connectivity index (χ2n) is 5.12. The van der Waals surface area contributed by atoms with Crippen molar-refractivity contribution in [3.63, 3.8) is 0 Å². The third-order valence-electron chi connectivity index (χ3n) is 3.70. The summed E-state index contributed by atoms with van der Waals surface area (Å²) in [6, 6.07) is 6.36. The molecule has 0 saturated heterocycles. The largest absolute Gasteiger partial charge is 0.367 e. The number of hydrogen-bond donors (Lipinski definition) is 1. The molecular formula is C15H16N5S+. The van der Waals surface area contributed by atoms with Gasteiger partial charge < -0.3 is 9.88 Å². The zero-order chi connectivity index (χ0) is 14.2. The van der Waals surface area contributed by atoms with E-state index in [1.807, 2.05) is 0 Å². The summed E-state index contributed by atoms with van der Waals surface area (Å²) in [5.74, 6) is 0.932. The summed E-state index contributed by atoms with van der Waals surface area (Å²) in [5, 5.41) is 6.45. The van der Waals surface area contributed by atoms with E-state index in [-0.39, 0.29) is 0 Å². The Morgan fingerprint density at radius 3 is 3.24 bits per heavy atom. The average molecular weight is 298 g/mol. The molecule has 0 saturated carbocycles. The number of aryl methyl sites for hydroxylation is 1. The predicted octanol–water partition coefficient (Wildman–Crippen LogP) is 1.32. The molecule has 3 aromatic heterocycles. The molecule has 0 fully saturated rings. The van der Waals surface area contributed by atoms with Crippen molar-refractivity contribution in [1.82, 2.24) is 14.9 Å². The number of fused-ring (bicyclic) bond motifs is 1. The van der Waals surface area contributed by atoms with E-state index in [4.69, 9.17) is 4.98 Å². The van der Waals surface area contributed by atoms with Gasteiger partial charge in [-0.25, -0.2) is 4.98 Å². The Morgan fingerprint density at radius 2 is 2.38 bits per heavy atom. The first kappa shape index (κ1) is 12.5. The topological polar surface area (TPSA) is 46.1 Å². The van der Waals surface area contributed by atoms with E-state index in [2.05, 4.69) is 62.5 Å². The first-order valence-corrected chi connectivity index (χ1v) is 7.86. The zero-order valence-electron chi connectivity index (χ0n) is 11.8. The second-order valence-corrected chi connectivity index (χ2v) is 6.06. The van der Waals surface area contributed by atoms with Crippen LogP contribution in [0, 0.1) is 0 Å². The molecule has 4 heterocycles. The number of amidine groups is 1. The number of aromatic nitrogens is 3. The fraction of sp³-hybridized carbons (Fsp3) is 0.267. The fourth-order valence-corrected chi connectivity index (χ4v) is 3.42. The Bertz CT molecular complexity index is 830. The minimum atomic E-state index is 0.797. The summed E-state index contributed by atoms with van der Waals surface area (Å²) in [4.78, 5) is 9.11. The molecule has 0 unspecified atom stereocenters. The molecule has 0 radical (unpaired) electrons. The lowest BCUT2D eigenvalue weighted by molar-refractivity contribution is -0.644. The Hall–Kier alpha value is -2.21. The number of hydrogen-bond acceptors (Lipinski definition) is 4. The first-order valence-electron chi connectivity index (χ1n) is 6.98. The van der Waals surface area contributed by atoms with E-state index in [1.54, 1.807) is 11.3 Å². The highest BCUT2D eigenvalue weighted by molar-refractivity contribution is 7.09. The highest BCUT2D eigenvalue weighted by Crippen LogP contribution is 2.17. The molecule has 4 rings (SSSR count). The molecule has 0 spiro atoms. The van der Waals surface area contributed by atoms with E-state index in [9.17, 15) is 0 Å². The standard InChI is InChI=1S/C15H16N5S/c1-19-7-2-3-13-12(19)4-8-20(13)9-14-18-11(10-21-14)15-16-5-6-17-15/h2-4,7-8,10H,5-6,9H2,1H3,(H,16,17)/q+1. The van der Waals surface area contributed by atoms with Gasteiger partial charge in [0.05, 0.1) is 13.1 Å². The summed E-state index contributed by atoms with van der Waals surface area (Å²) in [7, 11) is 2.07. The predicted molar refractivity (Wildman–Crippen MR) is 83.7 cm³/mol. The van der Waals surface area contributed by atoms with Crippen LogP contribution in [-0.2, 0) is 13.6 Å². The third-order valence-corrected chi connectivity index (χ3v) is 4.54. The van der Waals surface area contributed by atoms with Crippen LogP contribution in [0.5, 0.6) is 0 Å². The molecule has 106 valence electrons. The highest BCUT2D eigenvalue weighted by Gasteiger charge is 2.14. The van der Waals surface area contributed by atoms with Crippen molar-refractivity contribution in [2.75, 3.05) is 13.1 Å². The molecule has 1 aliphatic heterocycles. The SMILES string of the molecule is C[n+]1cccc2c1ccn2Cc1nc(C2=NCCN2)cs1. The maximum atomic E-state index is 4.69. The molecular weight excluding hydrogens is 282 g/mol. The summed E-state index contributed by atoms with van der Waals surface area (Å²) < 4.78 is 4.37. The average Bonchev–Trinajstić information content (AvgIpc) is 3.20. The zero-order valence-corrected chi connectivity index (χ0v) is 12.6. The van der Waals surface area contributed by atoms with Gasteiger partial charge >= 0.3 is 0 Å². The monoisotopic (exact) mass is 298 g/mol. The van der Waals surface area contributed by atoms with Crippen LogP contribution >= 0.6 is 11.3 Å². The second kappa shape index (κ2) is 4.96. The van der Waals surface area contributed by atoms with E-state index >= 15 is 0 Å². The minimum Gasteiger partial charge on any atom is -0.367 e. The van der Waals surface area contributed by atoms with Gasteiger partial charge in [-0.1, -0.05) is 0 Å². The normalized spacial score (nSPS) is 14.4. The lowest BCUT2D eigenvalue weighted by atomic mass is 10.4. The van der Waals surface area contributed by atoms with Gasteiger partial charge in [-0.3, -0.25) is 4.99 Å². The van der Waals surface area contributed by atoms with Crippen molar-refractivity contribution in [2.24, 2.45) is 12.0 Å². The van der Waals surface area contributed by atoms with Gasteiger partial charge in [-0.15, -0.1) is 11.3 Å². The molecule has 21 heavy (non-hydrogen) atoms. The Kier molecular flexibility index (Phi) is 2.96. The van der Waals surface area contributed by atoms with Crippen molar-refractivity contribution in [1.29, 1.82) is 0 Å². The number of rotatable bonds is 3. The van der Waals surface area contributed by atoms with Crippen molar-refractivity contribution in [2.45, 2.75) is 6.54 Å². The molecule has 5 nitrogen and oxygen atoms in total. The molecule has 0 amide bonds. The Balaban J connectivity index is 1.64. The smallest absolute Gasteiger partial charge is 0.230 e. The van der Waals surface area contributed by atoms with E-state index < -0.39 is 0 Å². The molecule has 6 heteroatoms. The van der Waals surface area contributed by atoms with E-state index in [1.165, 1.54) is 11.0 Å². The molecule has 0 aliphatic carbocycles. The Labute approximate surface area is 126 Å². The van der Waals surface area contributed by atoms with Crippen LogP contribution in [0.1, 0.15) is 10.7 Å². The molecule has 0 atom stereocenters. The van der Waals surface area contributed by atoms with Crippen LogP contribution in [0.2, 0.25) is 0 Å². The van der Waals surface area contributed by atoms with Gasteiger partial charge in [0.2, 0.25) is 5.52 Å². The van der Waals surface area contributed by atoms with Gasteiger partial charge in [-0.2, -0.15) is 4.57 Å². The summed E-state index contributed by atoms with van der Waals surface area (Å²) in [5.41, 5.74) is 3.43. The molecule has 0 aromatic carbocycles. The van der Waals surface area contributed by atoms with E-state index in [0.29, 0.717) is 0 Å².